The van der Waals surface area contributed by atoms with Crippen molar-refractivity contribution < 1.29 is 14.6 Å². The Balaban J connectivity index is 2.57. The van der Waals surface area contributed by atoms with Crippen LogP contribution in [0.25, 0.3) is 0 Å². The first-order valence-electron chi connectivity index (χ1n) is 3.79. The lowest BCUT2D eigenvalue weighted by molar-refractivity contribution is 0.102. The lowest BCUT2D eigenvalue weighted by atomic mass is 10.1. The molecule has 0 spiro atoms. The van der Waals surface area contributed by atoms with E-state index in [4.69, 9.17) is 4.74 Å². The molecule has 68 valence electrons. The van der Waals surface area contributed by atoms with Crippen molar-refractivity contribution in [3.63, 3.8) is 0 Å². The van der Waals surface area contributed by atoms with Gasteiger partial charge < -0.3 is 9.84 Å². The minimum absolute atomic E-state index is 0.0865. The molecule has 0 unspecified atom stereocenters. The summed E-state index contributed by atoms with van der Waals surface area (Å²) in [5.41, 5.74) is 0.652. The number of ether oxygens (including phenoxy) is 1. The maximum absolute atomic E-state index is 11.3. The highest BCUT2D eigenvalue weighted by Crippen LogP contribution is 2.38. The molecule has 1 aromatic carbocycles. The molecule has 0 amide bonds. The standard InChI is InChI=1S/C9H8O3S/c1-12-8-2-5-7(11)4-13-9(5)3-6(8)10/h2-3,10H,4H2,1H3. The minimum Gasteiger partial charge on any atom is -0.504 e. The fourth-order valence-electron chi connectivity index (χ4n) is 1.27. The highest BCUT2D eigenvalue weighted by atomic mass is 32.2. The van der Waals surface area contributed by atoms with E-state index in [2.05, 4.69) is 0 Å². The maximum Gasteiger partial charge on any atom is 0.174 e. The molecule has 0 aromatic heterocycles. The van der Waals surface area contributed by atoms with Crippen LogP contribution in [0.4, 0.5) is 0 Å². The summed E-state index contributed by atoms with van der Waals surface area (Å²) in [5.74, 6) is 0.999. The summed E-state index contributed by atoms with van der Waals surface area (Å²) < 4.78 is 4.91. The zero-order chi connectivity index (χ0) is 9.42. The van der Waals surface area contributed by atoms with Crippen LogP contribution in [0.5, 0.6) is 11.5 Å². The first kappa shape index (κ1) is 8.44. The number of aromatic hydroxyl groups is 1. The molecule has 0 saturated carbocycles. The largest absolute Gasteiger partial charge is 0.504 e. The van der Waals surface area contributed by atoms with Crippen LogP contribution in [-0.4, -0.2) is 23.8 Å². The molecule has 0 atom stereocenters. The number of carbonyl (C=O) groups is 1. The van der Waals surface area contributed by atoms with E-state index in [9.17, 15) is 9.90 Å². The Hall–Kier alpha value is -1.16. The highest BCUT2D eigenvalue weighted by Gasteiger charge is 2.22. The molecule has 1 N–H and O–H groups in total. The summed E-state index contributed by atoms with van der Waals surface area (Å²) >= 11 is 1.44. The summed E-state index contributed by atoms with van der Waals surface area (Å²) in [5, 5.41) is 9.41. The highest BCUT2D eigenvalue weighted by molar-refractivity contribution is 8.00. The fraction of sp³-hybridized carbons (Fsp3) is 0.222. The Bertz CT molecular complexity index is 373. The number of thioether (sulfide) groups is 1. The van der Waals surface area contributed by atoms with Crippen molar-refractivity contribution in [2.75, 3.05) is 12.9 Å². The number of phenols is 1. The van der Waals surface area contributed by atoms with Gasteiger partial charge in [-0.25, -0.2) is 0 Å². The second-order valence-corrected chi connectivity index (χ2v) is 3.75. The van der Waals surface area contributed by atoms with Gasteiger partial charge in [0.1, 0.15) is 0 Å². The number of ketones is 1. The van der Waals surface area contributed by atoms with Gasteiger partial charge >= 0.3 is 0 Å². The molecule has 0 bridgehead atoms. The van der Waals surface area contributed by atoms with Gasteiger partial charge in [0.15, 0.2) is 17.3 Å². The Morgan fingerprint density at radius 3 is 3.00 bits per heavy atom. The van der Waals surface area contributed by atoms with E-state index in [-0.39, 0.29) is 11.5 Å². The van der Waals surface area contributed by atoms with E-state index < -0.39 is 0 Å². The van der Waals surface area contributed by atoms with Crippen molar-refractivity contribution in [1.29, 1.82) is 0 Å². The number of hydrogen-bond donors (Lipinski definition) is 1. The van der Waals surface area contributed by atoms with Gasteiger partial charge in [-0.3, -0.25) is 4.79 Å². The van der Waals surface area contributed by atoms with E-state index in [0.29, 0.717) is 17.1 Å². The quantitative estimate of drug-likeness (QED) is 0.742. The Morgan fingerprint density at radius 1 is 1.54 bits per heavy atom. The van der Waals surface area contributed by atoms with Gasteiger partial charge in [0.25, 0.3) is 0 Å². The van der Waals surface area contributed by atoms with Crippen LogP contribution in [0.1, 0.15) is 10.4 Å². The first-order valence-corrected chi connectivity index (χ1v) is 4.78. The van der Waals surface area contributed by atoms with Crippen LogP contribution in [0.2, 0.25) is 0 Å². The molecule has 2 rings (SSSR count). The molecule has 0 saturated heterocycles. The minimum atomic E-state index is 0.0865. The van der Waals surface area contributed by atoms with Crippen LogP contribution < -0.4 is 4.74 Å². The number of Topliss-reactive ketones (excluding diaryl/α,β-unsaturated/α-hetero) is 1. The number of carbonyl (C=O) groups excluding carboxylic acids is 1. The predicted octanol–water partition coefficient (Wildman–Crippen LogP) is 1.69. The SMILES string of the molecule is COc1cc2c(cc1O)SCC2=O. The topological polar surface area (TPSA) is 46.5 Å². The Labute approximate surface area is 79.7 Å². The molecular weight excluding hydrogens is 188 g/mol. The van der Waals surface area contributed by atoms with Crippen LogP contribution >= 0.6 is 11.8 Å². The van der Waals surface area contributed by atoms with Crippen LogP contribution in [-0.2, 0) is 0 Å². The number of fused-ring (bicyclic) bond motifs is 1. The number of methoxy groups -OCH3 is 1. The number of phenolic OH excluding ortho intramolecular Hbond substituents is 1. The maximum atomic E-state index is 11.3. The molecule has 4 heteroatoms. The first-order chi connectivity index (χ1) is 6.22. The van der Waals surface area contributed by atoms with Crippen molar-refractivity contribution in [2.45, 2.75) is 4.90 Å². The number of hydrogen-bond acceptors (Lipinski definition) is 4. The van der Waals surface area contributed by atoms with Gasteiger partial charge in [-0.05, 0) is 12.1 Å². The summed E-state index contributed by atoms with van der Waals surface area (Å²) in [7, 11) is 1.47. The predicted molar refractivity (Wildman–Crippen MR) is 49.7 cm³/mol. The van der Waals surface area contributed by atoms with Crippen molar-refractivity contribution >= 4 is 17.5 Å². The summed E-state index contributed by atoms with van der Waals surface area (Å²) in [6.07, 6.45) is 0. The fourth-order valence-corrected chi connectivity index (χ4v) is 2.24. The molecule has 1 aliphatic rings. The molecule has 1 aliphatic heterocycles. The zero-order valence-electron chi connectivity index (χ0n) is 7.03. The summed E-state index contributed by atoms with van der Waals surface area (Å²) in [4.78, 5) is 12.1. The number of benzene rings is 1. The van der Waals surface area contributed by atoms with Crippen LogP contribution in [0.3, 0.4) is 0 Å². The molecular formula is C9H8O3S. The van der Waals surface area contributed by atoms with E-state index in [1.807, 2.05) is 0 Å². The third-order valence-corrected chi connectivity index (χ3v) is 3.00. The Morgan fingerprint density at radius 2 is 2.31 bits per heavy atom. The monoisotopic (exact) mass is 196 g/mol. The van der Waals surface area contributed by atoms with Crippen LogP contribution in [0, 0.1) is 0 Å². The molecule has 0 fully saturated rings. The third kappa shape index (κ3) is 1.27. The average molecular weight is 196 g/mol. The molecule has 1 aromatic rings. The zero-order valence-corrected chi connectivity index (χ0v) is 7.85. The van der Waals surface area contributed by atoms with Crippen LogP contribution in [0.15, 0.2) is 17.0 Å². The summed E-state index contributed by atoms with van der Waals surface area (Å²) in [6.45, 7) is 0. The van der Waals surface area contributed by atoms with Gasteiger partial charge in [-0.15, -0.1) is 11.8 Å². The van der Waals surface area contributed by atoms with E-state index >= 15 is 0 Å². The van der Waals surface area contributed by atoms with Gasteiger partial charge in [0.05, 0.1) is 12.9 Å². The molecule has 13 heavy (non-hydrogen) atoms. The van der Waals surface area contributed by atoms with Crippen molar-refractivity contribution in [3.05, 3.63) is 17.7 Å². The second kappa shape index (κ2) is 2.96. The Kier molecular flexibility index (Phi) is 1.92. The summed E-state index contributed by atoms with van der Waals surface area (Å²) in [6, 6.07) is 3.16. The van der Waals surface area contributed by atoms with E-state index in [0.717, 1.165) is 4.90 Å². The van der Waals surface area contributed by atoms with E-state index in [1.54, 1.807) is 12.1 Å². The smallest absolute Gasteiger partial charge is 0.174 e. The molecule has 0 radical (unpaired) electrons. The van der Waals surface area contributed by atoms with Gasteiger partial charge in [0.2, 0.25) is 0 Å². The van der Waals surface area contributed by atoms with Gasteiger partial charge in [0, 0.05) is 10.5 Å². The second-order valence-electron chi connectivity index (χ2n) is 2.73. The average Bonchev–Trinajstić information content (AvgIpc) is 2.46. The van der Waals surface area contributed by atoms with Crippen molar-refractivity contribution in [1.82, 2.24) is 0 Å². The lowest BCUT2D eigenvalue weighted by Gasteiger charge is -2.04. The molecule has 3 nitrogen and oxygen atoms in total. The van der Waals surface area contributed by atoms with E-state index in [1.165, 1.54) is 18.9 Å². The third-order valence-electron chi connectivity index (χ3n) is 1.94. The van der Waals surface area contributed by atoms with Gasteiger partial charge in [-0.1, -0.05) is 0 Å². The van der Waals surface area contributed by atoms with Crippen molar-refractivity contribution in [2.24, 2.45) is 0 Å². The normalized spacial score (nSPS) is 14.4. The molecule has 1 heterocycles. The molecule has 0 aliphatic carbocycles. The van der Waals surface area contributed by atoms with Crippen molar-refractivity contribution in [3.8, 4) is 11.5 Å². The number of rotatable bonds is 1. The van der Waals surface area contributed by atoms with Gasteiger partial charge in [-0.2, -0.15) is 0 Å². The lowest BCUT2D eigenvalue weighted by Crippen LogP contribution is -1.95.